The van der Waals surface area contributed by atoms with E-state index in [1.165, 1.54) is 6.33 Å². The highest BCUT2D eigenvalue weighted by atomic mass is 16.7. The van der Waals surface area contributed by atoms with E-state index in [1.807, 2.05) is 6.92 Å². The average Bonchev–Trinajstić information content (AvgIpc) is 3.34. The molecule has 4 atom stereocenters. The zero-order chi connectivity index (χ0) is 21.3. The minimum absolute atomic E-state index is 0.120. The number of nitrogens with two attached hydrogens (primary N) is 1. The molecule has 160 valence electrons. The number of carbonyl (C=O) groups excluding carboxylic acids is 1. The van der Waals surface area contributed by atoms with E-state index >= 15 is 0 Å². The van der Waals surface area contributed by atoms with Gasteiger partial charge < -0.3 is 25.6 Å². The Bertz CT molecular complexity index is 1010. The summed E-state index contributed by atoms with van der Waals surface area (Å²) in [5.41, 5.74) is 5.78. The molecule has 4 N–H and O–H groups in total. The van der Waals surface area contributed by atoms with Crippen LogP contribution in [0.3, 0.4) is 0 Å². The van der Waals surface area contributed by atoms with Gasteiger partial charge in [0, 0.05) is 6.54 Å². The van der Waals surface area contributed by atoms with Crippen molar-refractivity contribution in [2.24, 2.45) is 5.92 Å². The number of hydrogen-bond acceptors (Lipinski definition) is 8. The summed E-state index contributed by atoms with van der Waals surface area (Å²) in [7, 11) is 0. The first-order chi connectivity index (χ1) is 14.4. The molecule has 2 unspecified atom stereocenters. The van der Waals surface area contributed by atoms with Gasteiger partial charge in [-0.1, -0.05) is 19.3 Å². The van der Waals surface area contributed by atoms with Crippen LogP contribution in [0.25, 0.3) is 11.2 Å². The molecule has 30 heavy (non-hydrogen) atoms. The van der Waals surface area contributed by atoms with Crippen LogP contribution in [0.2, 0.25) is 0 Å². The van der Waals surface area contributed by atoms with E-state index in [0.717, 1.165) is 12.8 Å². The summed E-state index contributed by atoms with van der Waals surface area (Å²) in [5, 5.41) is 13.4. The molecule has 3 heterocycles. The van der Waals surface area contributed by atoms with Crippen molar-refractivity contribution >= 4 is 22.9 Å². The SMILES string of the molecule is CCNC(=O)[C@@H]1CO[C@H](n2cnc3c(N)nc(C#CC4(O)CCCC(C)C4)nc32)O1. The van der Waals surface area contributed by atoms with Gasteiger partial charge in [0.15, 0.2) is 17.6 Å². The molecule has 0 bridgehead atoms. The van der Waals surface area contributed by atoms with Crippen LogP contribution < -0.4 is 11.1 Å². The van der Waals surface area contributed by atoms with Crippen molar-refractivity contribution in [1.82, 2.24) is 24.8 Å². The Balaban J connectivity index is 1.60. The predicted molar refractivity (Wildman–Crippen MR) is 108 cm³/mol. The molecule has 10 nitrogen and oxygen atoms in total. The molecule has 0 aromatic carbocycles. The molecule has 4 rings (SSSR count). The Morgan fingerprint density at radius 3 is 3.10 bits per heavy atom. The number of carbonyl (C=O) groups is 1. The number of aromatic nitrogens is 4. The fraction of sp³-hybridized carbons (Fsp3) is 0.600. The predicted octanol–water partition coefficient (Wildman–Crippen LogP) is 0.709. The largest absolute Gasteiger partial charge is 0.382 e. The Morgan fingerprint density at radius 1 is 1.50 bits per heavy atom. The number of fused-ring (bicyclic) bond motifs is 1. The monoisotopic (exact) mass is 414 g/mol. The van der Waals surface area contributed by atoms with Gasteiger partial charge in [0.1, 0.15) is 17.4 Å². The number of nitrogens with one attached hydrogen (secondary N) is 1. The number of aliphatic hydroxyl groups is 1. The second-order valence-electron chi connectivity index (χ2n) is 7.90. The van der Waals surface area contributed by atoms with Crippen molar-refractivity contribution in [2.45, 2.75) is 57.6 Å². The van der Waals surface area contributed by atoms with E-state index in [0.29, 0.717) is 36.5 Å². The van der Waals surface area contributed by atoms with Gasteiger partial charge in [0.2, 0.25) is 12.2 Å². The molecule has 0 spiro atoms. The fourth-order valence-electron chi connectivity index (χ4n) is 3.92. The van der Waals surface area contributed by atoms with E-state index in [9.17, 15) is 9.90 Å². The van der Waals surface area contributed by atoms with Crippen molar-refractivity contribution in [3.63, 3.8) is 0 Å². The highest BCUT2D eigenvalue weighted by Gasteiger charge is 2.34. The molecule has 1 aliphatic heterocycles. The van der Waals surface area contributed by atoms with E-state index in [1.54, 1.807) is 4.57 Å². The van der Waals surface area contributed by atoms with Crippen LogP contribution in [-0.4, -0.2) is 55.4 Å². The number of hydrogen-bond donors (Lipinski definition) is 3. The average molecular weight is 414 g/mol. The van der Waals surface area contributed by atoms with E-state index in [-0.39, 0.29) is 24.2 Å². The van der Waals surface area contributed by atoms with Crippen molar-refractivity contribution in [1.29, 1.82) is 0 Å². The molecule has 2 aliphatic rings. The second-order valence-corrected chi connectivity index (χ2v) is 7.90. The van der Waals surface area contributed by atoms with Crippen molar-refractivity contribution < 1.29 is 19.4 Å². The topological polar surface area (TPSA) is 137 Å². The smallest absolute Gasteiger partial charge is 0.251 e. The number of ether oxygens (including phenoxy) is 2. The summed E-state index contributed by atoms with van der Waals surface area (Å²) in [4.78, 5) is 24.9. The number of rotatable bonds is 3. The first kappa shape index (κ1) is 20.5. The maximum atomic E-state index is 12.0. The van der Waals surface area contributed by atoms with Crippen molar-refractivity contribution in [2.75, 3.05) is 18.9 Å². The normalized spacial score (nSPS) is 28.8. The Morgan fingerprint density at radius 2 is 2.33 bits per heavy atom. The number of nitrogen functional groups attached to an aromatic ring is 1. The van der Waals surface area contributed by atoms with Gasteiger partial charge in [-0.3, -0.25) is 9.36 Å². The lowest BCUT2D eigenvalue weighted by atomic mass is 9.79. The summed E-state index contributed by atoms with van der Waals surface area (Å²) in [5.74, 6) is 6.35. The molecule has 2 aromatic rings. The molecule has 0 radical (unpaired) electrons. The van der Waals surface area contributed by atoms with Crippen LogP contribution in [-0.2, 0) is 14.3 Å². The molecule has 2 fully saturated rings. The summed E-state index contributed by atoms with van der Waals surface area (Å²) >= 11 is 0. The summed E-state index contributed by atoms with van der Waals surface area (Å²) in [6.07, 6.45) is 3.19. The molecule has 10 heteroatoms. The third-order valence-electron chi connectivity index (χ3n) is 5.37. The van der Waals surface area contributed by atoms with Crippen LogP contribution >= 0.6 is 0 Å². The standard InChI is InChI=1S/C20H26N6O4/c1-3-22-18(27)13-10-29-19(30-13)26-11-23-15-16(21)24-14(25-17(15)26)6-8-20(28)7-4-5-12(2)9-20/h11-13,19,28H,3-5,7,9-10H2,1-2H3,(H,22,27)(H2,21,24,25)/t12?,13-,19-,20?/m0/s1. The Labute approximate surface area is 174 Å². The number of nitrogens with zero attached hydrogens (tertiary/aromatic N) is 4. The maximum Gasteiger partial charge on any atom is 0.251 e. The molecule has 1 saturated heterocycles. The zero-order valence-corrected chi connectivity index (χ0v) is 17.1. The first-order valence-electron chi connectivity index (χ1n) is 10.2. The van der Waals surface area contributed by atoms with Gasteiger partial charge in [0.05, 0.1) is 6.61 Å². The second kappa shape index (κ2) is 8.18. The fourth-order valence-corrected chi connectivity index (χ4v) is 3.92. The number of amides is 1. The number of anilines is 1. The van der Waals surface area contributed by atoms with Crippen molar-refractivity contribution in [3.05, 3.63) is 12.2 Å². The molecule has 2 aromatic heterocycles. The summed E-state index contributed by atoms with van der Waals surface area (Å²) in [6, 6.07) is 0. The van der Waals surface area contributed by atoms with Gasteiger partial charge >= 0.3 is 0 Å². The molecular weight excluding hydrogens is 388 g/mol. The van der Waals surface area contributed by atoms with E-state index < -0.39 is 18.1 Å². The minimum atomic E-state index is -1.04. The van der Waals surface area contributed by atoms with Gasteiger partial charge in [-0.05, 0) is 38.0 Å². The van der Waals surface area contributed by atoms with E-state index in [4.69, 9.17) is 15.2 Å². The Hall–Kier alpha value is -2.74. The molecular formula is C20H26N6O4. The quantitative estimate of drug-likeness (QED) is 0.625. The zero-order valence-electron chi connectivity index (χ0n) is 17.1. The molecule has 1 amide bonds. The van der Waals surface area contributed by atoms with Crippen LogP contribution in [0.4, 0.5) is 5.82 Å². The lowest BCUT2D eigenvalue weighted by Crippen LogP contribution is -2.35. The highest BCUT2D eigenvalue weighted by Crippen LogP contribution is 2.32. The highest BCUT2D eigenvalue weighted by molar-refractivity contribution is 5.82. The molecule has 1 aliphatic carbocycles. The number of imidazole rings is 1. The molecule has 1 saturated carbocycles. The van der Waals surface area contributed by atoms with Gasteiger partial charge in [-0.15, -0.1) is 0 Å². The van der Waals surface area contributed by atoms with Gasteiger partial charge in [-0.2, -0.15) is 0 Å². The minimum Gasteiger partial charge on any atom is -0.382 e. The lowest BCUT2D eigenvalue weighted by molar-refractivity contribution is -0.142. The van der Waals surface area contributed by atoms with Crippen LogP contribution in [0.15, 0.2) is 6.33 Å². The van der Waals surface area contributed by atoms with Crippen LogP contribution in [0.1, 0.15) is 51.8 Å². The van der Waals surface area contributed by atoms with Gasteiger partial charge in [0.25, 0.3) is 5.91 Å². The van der Waals surface area contributed by atoms with Crippen LogP contribution in [0.5, 0.6) is 0 Å². The van der Waals surface area contributed by atoms with Crippen LogP contribution in [0, 0.1) is 17.8 Å². The third kappa shape index (κ3) is 4.09. The number of likely N-dealkylation sites (N-methyl/N-ethyl adjacent to an activating group) is 1. The summed E-state index contributed by atoms with van der Waals surface area (Å²) < 4.78 is 12.9. The first-order valence-corrected chi connectivity index (χ1v) is 10.2. The maximum absolute atomic E-state index is 12.0. The Kier molecular flexibility index (Phi) is 5.60. The van der Waals surface area contributed by atoms with E-state index in [2.05, 4.69) is 39.0 Å². The third-order valence-corrected chi connectivity index (χ3v) is 5.37. The van der Waals surface area contributed by atoms with Gasteiger partial charge in [-0.25, -0.2) is 15.0 Å². The summed E-state index contributed by atoms with van der Waals surface area (Å²) in [6.45, 7) is 4.57. The van der Waals surface area contributed by atoms with Crippen molar-refractivity contribution in [3.8, 4) is 11.8 Å². The lowest BCUT2D eigenvalue weighted by Gasteiger charge is -2.30.